The summed E-state index contributed by atoms with van der Waals surface area (Å²) in [7, 11) is 0. The van der Waals surface area contributed by atoms with Crippen LogP contribution in [-0.4, -0.2) is 129 Å². The number of hydrogen-bond donors (Lipinski definition) is 4. The molecule has 3 aliphatic rings. The van der Waals surface area contributed by atoms with Crippen LogP contribution in [0.1, 0.15) is 0 Å². The fourth-order valence-corrected chi connectivity index (χ4v) is 5.89. The van der Waals surface area contributed by atoms with Crippen LogP contribution >= 0.6 is 0 Å². The van der Waals surface area contributed by atoms with Gasteiger partial charge in [-0.2, -0.15) is 0 Å². The van der Waals surface area contributed by atoms with Crippen molar-refractivity contribution in [3.05, 3.63) is 109 Å². The quantitative estimate of drug-likeness (QED) is 0.0826. The van der Waals surface area contributed by atoms with E-state index in [0.717, 1.165) is 9.80 Å². The molecule has 0 saturated heterocycles. The number of benzene rings is 3. The average molecular weight is 867 g/mol. The molecule has 0 saturated carbocycles. The molecule has 1 aromatic heterocycles. The number of hydrogen-bond acceptors (Lipinski definition) is 18. The molecule has 326 valence electrons. The zero-order valence-corrected chi connectivity index (χ0v) is 32.9. The third-order valence-electron chi connectivity index (χ3n) is 8.95. The second-order valence-electron chi connectivity index (χ2n) is 13.7. The number of anilines is 3. The highest BCUT2D eigenvalue weighted by molar-refractivity contribution is 6.28. The molecule has 4 N–H and O–H groups in total. The molecule has 3 aromatic carbocycles. The molecular weight excluding hydrogens is 828 g/mol. The van der Waals surface area contributed by atoms with Crippen LogP contribution in [-0.2, 0) is 24.0 Å². The SMILES string of the molecule is O=C1C=CC(=O)N1c1ccc(OCC(O)COc2nc(OCC(O)COc3ccc(N4C(=O)C=CC4=O)cc3)nc(OCC(O)COc3ccc(N4C(=O)C=CC4O)cc3)n2)cc1. The van der Waals surface area contributed by atoms with Crippen LogP contribution in [0.3, 0.4) is 0 Å². The monoisotopic (exact) mass is 866 g/mol. The lowest BCUT2D eigenvalue weighted by Gasteiger charge is -2.20. The summed E-state index contributed by atoms with van der Waals surface area (Å²) in [6.45, 7) is -1.86. The highest BCUT2D eigenvalue weighted by Gasteiger charge is 2.27. The molecule has 0 bridgehead atoms. The van der Waals surface area contributed by atoms with E-state index in [9.17, 15) is 44.4 Å². The molecule has 0 aliphatic carbocycles. The number of carbonyl (C=O) groups is 5. The number of aliphatic hydroxyl groups excluding tert-OH is 4. The molecule has 21 heteroatoms. The molecule has 0 radical (unpaired) electrons. The van der Waals surface area contributed by atoms with Gasteiger partial charge in [-0.05, 0) is 78.9 Å². The van der Waals surface area contributed by atoms with E-state index in [2.05, 4.69) is 15.0 Å². The van der Waals surface area contributed by atoms with Crippen molar-refractivity contribution in [1.29, 1.82) is 0 Å². The highest BCUT2D eigenvalue weighted by atomic mass is 16.6. The topological polar surface area (TPSA) is 270 Å². The highest BCUT2D eigenvalue weighted by Crippen LogP contribution is 2.26. The minimum absolute atomic E-state index is 0.231. The Labute approximate surface area is 357 Å². The number of aromatic nitrogens is 3. The van der Waals surface area contributed by atoms with Gasteiger partial charge in [0, 0.05) is 36.1 Å². The number of aliphatic hydroxyl groups is 4. The predicted molar refractivity (Wildman–Crippen MR) is 216 cm³/mol. The lowest BCUT2D eigenvalue weighted by atomic mass is 10.2. The maximum absolute atomic E-state index is 12.0. The predicted octanol–water partition coefficient (Wildman–Crippen LogP) is 0.408. The average Bonchev–Trinajstić information content (AvgIpc) is 3.94. The third kappa shape index (κ3) is 11.2. The normalized spacial score (nSPS) is 17.1. The first-order chi connectivity index (χ1) is 30.4. The van der Waals surface area contributed by atoms with Crippen molar-refractivity contribution in [3.63, 3.8) is 0 Å². The van der Waals surface area contributed by atoms with Gasteiger partial charge in [-0.15, -0.1) is 15.0 Å². The van der Waals surface area contributed by atoms with Crippen molar-refractivity contribution in [2.24, 2.45) is 0 Å². The van der Waals surface area contributed by atoms with Crippen molar-refractivity contribution in [3.8, 4) is 35.3 Å². The van der Waals surface area contributed by atoms with Crippen molar-refractivity contribution < 1.29 is 72.8 Å². The number of imide groups is 2. The van der Waals surface area contributed by atoms with Crippen molar-refractivity contribution in [1.82, 2.24) is 15.0 Å². The summed E-state index contributed by atoms with van der Waals surface area (Å²) in [5.74, 6) is -1.22. The second kappa shape index (κ2) is 19.8. The Morgan fingerprint density at radius 3 is 1.03 bits per heavy atom. The Morgan fingerprint density at radius 1 is 0.429 bits per heavy atom. The van der Waals surface area contributed by atoms with E-state index >= 15 is 0 Å². The first kappa shape index (κ1) is 43.4. The van der Waals surface area contributed by atoms with E-state index in [1.807, 2.05) is 0 Å². The number of rotatable bonds is 21. The second-order valence-corrected chi connectivity index (χ2v) is 13.7. The smallest absolute Gasteiger partial charge is 0.325 e. The summed E-state index contributed by atoms with van der Waals surface area (Å²) in [4.78, 5) is 75.2. The molecule has 4 aromatic rings. The number of ether oxygens (including phenoxy) is 6. The minimum Gasteiger partial charge on any atom is -0.491 e. The van der Waals surface area contributed by atoms with Gasteiger partial charge < -0.3 is 48.8 Å². The Hall–Kier alpha value is -7.72. The van der Waals surface area contributed by atoms with Crippen LogP contribution < -0.4 is 43.1 Å². The number of carbonyl (C=O) groups excluding carboxylic acids is 5. The summed E-state index contributed by atoms with van der Waals surface area (Å²) in [5.41, 5.74) is 1.14. The van der Waals surface area contributed by atoms with Crippen LogP contribution in [0.5, 0.6) is 35.3 Å². The van der Waals surface area contributed by atoms with E-state index in [-0.39, 0.29) is 63.6 Å². The summed E-state index contributed by atoms with van der Waals surface area (Å²) < 4.78 is 33.6. The van der Waals surface area contributed by atoms with Gasteiger partial charge in [0.15, 0.2) is 6.23 Å². The molecule has 4 atom stereocenters. The Balaban J connectivity index is 0.923. The fraction of sp³-hybridized carbons (Fsp3) is 0.238. The standard InChI is InChI=1S/C42H38N6O15/c49-28(19-58-31-7-1-25(2-8-31)46-34(52)13-14-35(46)53)22-61-40-43-41(62-23-29(50)20-59-32-9-3-26(4-10-32)47-36(54)15-16-37(47)55)45-42(44-40)63-24-30(51)21-60-33-11-5-27(6-12-33)48-38(56)17-18-39(48)57/h1-18,28-30,34,49-52H,19-24H2. The van der Waals surface area contributed by atoms with E-state index in [1.54, 1.807) is 24.3 Å². The van der Waals surface area contributed by atoms with Crippen LogP contribution in [0.25, 0.3) is 0 Å². The third-order valence-corrected chi connectivity index (χ3v) is 8.95. The summed E-state index contributed by atoms with van der Waals surface area (Å²) in [5, 5.41) is 41.8. The molecule has 3 aliphatic heterocycles. The van der Waals surface area contributed by atoms with Crippen molar-refractivity contribution >= 4 is 46.6 Å². The van der Waals surface area contributed by atoms with Crippen molar-refractivity contribution in [2.75, 3.05) is 54.3 Å². The molecule has 0 spiro atoms. The lowest BCUT2D eigenvalue weighted by Crippen LogP contribution is -2.33. The largest absolute Gasteiger partial charge is 0.491 e. The molecule has 5 amide bonds. The van der Waals surface area contributed by atoms with E-state index in [1.165, 1.54) is 89.9 Å². The van der Waals surface area contributed by atoms with Crippen LogP contribution in [0.2, 0.25) is 0 Å². The number of nitrogens with zero attached hydrogens (tertiary/aromatic N) is 6. The zero-order valence-electron chi connectivity index (χ0n) is 32.9. The summed E-state index contributed by atoms with van der Waals surface area (Å²) in [6, 6.07) is 17.3. The first-order valence-electron chi connectivity index (χ1n) is 19.1. The van der Waals surface area contributed by atoms with Gasteiger partial charge in [0.1, 0.15) is 75.2 Å². The first-order valence-corrected chi connectivity index (χ1v) is 19.1. The maximum Gasteiger partial charge on any atom is 0.325 e. The van der Waals surface area contributed by atoms with Gasteiger partial charge in [0.2, 0.25) is 0 Å². The maximum atomic E-state index is 12.0. The molecule has 63 heavy (non-hydrogen) atoms. The Kier molecular flexibility index (Phi) is 13.6. The van der Waals surface area contributed by atoms with E-state index in [0.29, 0.717) is 34.3 Å². The molecule has 4 unspecified atom stereocenters. The molecule has 7 rings (SSSR count). The van der Waals surface area contributed by atoms with Gasteiger partial charge in [0.05, 0.1) is 11.4 Å². The van der Waals surface area contributed by atoms with Gasteiger partial charge in [-0.25, -0.2) is 9.80 Å². The summed E-state index contributed by atoms with van der Waals surface area (Å²) in [6.07, 6.45) is 2.59. The van der Waals surface area contributed by atoms with Crippen molar-refractivity contribution in [2.45, 2.75) is 24.5 Å². The molecular formula is C42H38N6O15. The van der Waals surface area contributed by atoms with E-state index < -0.39 is 48.2 Å². The van der Waals surface area contributed by atoms with Crippen LogP contribution in [0.15, 0.2) is 109 Å². The Bertz CT molecular complexity index is 2260. The van der Waals surface area contributed by atoms with Crippen LogP contribution in [0.4, 0.5) is 17.1 Å². The zero-order chi connectivity index (χ0) is 44.5. The fourth-order valence-electron chi connectivity index (χ4n) is 5.89. The molecule has 0 fully saturated rings. The summed E-state index contributed by atoms with van der Waals surface area (Å²) >= 11 is 0. The van der Waals surface area contributed by atoms with Gasteiger partial charge in [0.25, 0.3) is 29.5 Å². The molecule has 4 heterocycles. The van der Waals surface area contributed by atoms with Gasteiger partial charge in [-0.3, -0.25) is 28.9 Å². The Morgan fingerprint density at radius 2 is 0.730 bits per heavy atom. The van der Waals surface area contributed by atoms with E-state index in [4.69, 9.17) is 28.4 Å². The van der Waals surface area contributed by atoms with Crippen LogP contribution in [0, 0.1) is 0 Å². The lowest BCUT2D eigenvalue weighted by molar-refractivity contribution is -0.121. The van der Waals surface area contributed by atoms with Gasteiger partial charge in [-0.1, -0.05) is 0 Å². The number of amides is 5. The van der Waals surface area contributed by atoms with Gasteiger partial charge >= 0.3 is 18.0 Å². The molecule has 21 nitrogen and oxygen atoms in total. The minimum atomic E-state index is -1.22.